The highest BCUT2D eigenvalue weighted by Crippen LogP contribution is 2.32. The van der Waals surface area contributed by atoms with E-state index in [0.717, 1.165) is 11.1 Å². The van der Waals surface area contributed by atoms with Gasteiger partial charge in [0.2, 0.25) is 0 Å². The van der Waals surface area contributed by atoms with Gasteiger partial charge in [-0.1, -0.05) is 60.7 Å². The molecule has 0 aliphatic heterocycles. The van der Waals surface area contributed by atoms with Crippen molar-refractivity contribution in [3.05, 3.63) is 120 Å². The molecule has 0 fully saturated rings. The fourth-order valence-corrected chi connectivity index (χ4v) is 3.49. The highest BCUT2D eigenvalue weighted by Gasteiger charge is 2.24. The molecule has 0 saturated heterocycles. The monoisotopic (exact) mass is 445 g/mol. The Balaban J connectivity index is 1.23. The zero-order valence-corrected chi connectivity index (χ0v) is 18.2. The van der Waals surface area contributed by atoms with Crippen molar-refractivity contribution in [3.63, 3.8) is 0 Å². The summed E-state index contributed by atoms with van der Waals surface area (Å²) in [5, 5.41) is 0. The molecule has 0 radical (unpaired) electrons. The topological polar surface area (TPSA) is 54.0 Å². The van der Waals surface area contributed by atoms with Gasteiger partial charge in [0, 0.05) is 4.57 Å². The average molecular weight is 445 g/mol. The van der Waals surface area contributed by atoms with Gasteiger partial charge < -0.3 is 9.47 Å². The Bertz CT molecular complexity index is 1020. The first kappa shape index (κ1) is 21.4. The minimum atomic E-state index is -2.37. The fourth-order valence-electron chi connectivity index (χ4n) is 2.87. The van der Waals surface area contributed by atoms with E-state index in [0.29, 0.717) is 36.2 Å². The lowest BCUT2D eigenvalue weighted by molar-refractivity contribution is 0.305. The van der Waals surface area contributed by atoms with Crippen LogP contribution in [0, 0.1) is 0 Å². The summed E-state index contributed by atoms with van der Waals surface area (Å²) in [6.07, 6.45) is 0. The second-order valence-electron chi connectivity index (χ2n) is 6.90. The predicted octanol–water partition coefficient (Wildman–Crippen LogP) is 6.96. The van der Waals surface area contributed by atoms with Gasteiger partial charge in [-0.25, -0.2) is 9.05 Å². The zero-order valence-electron chi connectivity index (χ0n) is 17.3. The molecular formula is C26H22O5P+. The molecule has 0 amide bonds. The van der Waals surface area contributed by atoms with Gasteiger partial charge in [0.25, 0.3) is 0 Å². The van der Waals surface area contributed by atoms with E-state index in [1.807, 2.05) is 60.7 Å². The molecule has 0 heterocycles. The molecule has 0 spiro atoms. The molecule has 4 aromatic rings. The first-order valence-electron chi connectivity index (χ1n) is 10.1. The van der Waals surface area contributed by atoms with Gasteiger partial charge in [0.15, 0.2) is 11.5 Å². The average Bonchev–Trinajstić information content (AvgIpc) is 2.84. The van der Waals surface area contributed by atoms with Crippen molar-refractivity contribution >= 4 is 8.25 Å². The SMILES string of the molecule is O=[P+](Oc1ccc(OCc2ccccc2)cc1)Oc1ccc(OCc2ccccc2)cc1. The minimum absolute atomic E-state index is 0.431. The summed E-state index contributed by atoms with van der Waals surface area (Å²) < 4.78 is 34.4. The first-order chi connectivity index (χ1) is 15.7. The number of hydrogen-bond donors (Lipinski definition) is 0. The highest BCUT2D eigenvalue weighted by atomic mass is 31.1. The van der Waals surface area contributed by atoms with E-state index in [4.69, 9.17) is 18.5 Å². The maximum atomic E-state index is 12.2. The molecule has 0 bridgehead atoms. The van der Waals surface area contributed by atoms with E-state index < -0.39 is 8.25 Å². The van der Waals surface area contributed by atoms with Crippen LogP contribution in [-0.2, 0) is 17.8 Å². The van der Waals surface area contributed by atoms with E-state index in [2.05, 4.69) is 0 Å². The third-order valence-electron chi connectivity index (χ3n) is 4.50. The third-order valence-corrected chi connectivity index (χ3v) is 5.22. The minimum Gasteiger partial charge on any atom is -0.489 e. The molecule has 0 aromatic heterocycles. The quantitative estimate of drug-likeness (QED) is 0.247. The Kier molecular flexibility index (Phi) is 7.35. The van der Waals surface area contributed by atoms with Crippen LogP contribution >= 0.6 is 8.25 Å². The van der Waals surface area contributed by atoms with Crippen LogP contribution < -0.4 is 18.5 Å². The smallest absolute Gasteiger partial charge is 0.489 e. The second-order valence-corrected chi connectivity index (χ2v) is 7.71. The van der Waals surface area contributed by atoms with Gasteiger partial charge in [-0.3, -0.25) is 0 Å². The summed E-state index contributed by atoms with van der Waals surface area (Å²) in [6.45, 7) is 0.951. The normalized spacial score (nSPS) is 10.2. The fraction of sp³-hybridized carbons (Fsp3) is 0.0769. The lowest BCUT2D eigenvalue weighted by Crippen LogP contribution is -1.95. The lowest BCUT2D eigenvalue weighted by atomic mass is 10.2. The summed E-state index contributed by atoms with van der Waals surface area (Å²) in [5.74, 6) is 2.26. The van der Waals surface area contributed by atoms with Crippen molar-refractivity contribution in [1.29, 1.82) is 0 Å². The second kappa shape index (κ2) is 11.0. The number of hydrogen-bond acceptors (Lipinski definition) is 5. The number of benzene rings is 4. The molecular weight excluding hydrogens is 423 g/mol. The molecule has 6 heteroatoms. The third kappa shape index (κ3) is 6.59. The van der Waals surface area contributed by atoms with Gasteiger partial charge in [-0.15, -0.1) is 0 Å². The molecule has 0 atom stereocenters. The molecule has 0 aliphatic rings. The molecule has 5 nitrogen and oxygen atoms in total. The van der Waals surface area contributed by atoms with Crippen LogP contribution in [0.25, 0.3) is 0 Å². The van der Waals surface area contributed by atoms with Gasteiger partial charge in [-0.2, -0.15) is 0 Å². The Morgan fingerprint density at radius 3 is 1.19 bits per heavy atom. The van der Waals surface area contributed by atoms with E-state index in [9.17, 15) is 4.57 Å². The Morgan fingerprint density at radius 2 is 0.812 bits per heavy atom. The van der Waals surface area contributed by atoms with E-state index in [1.165, 1.54) is 0 Å². The van der Waals surface area contributed by atoms with Crippen molar-refractivity contribution < 1.29 is 23.1 Å². The lowest BCUT2D eigenvalue weighted by Gasteiger charge is -2.06. The van der Waals surface area contributed by atoms with Gasteiger partial charge in [-0.05, 0) is 59.7 Å². The summed E-state index contributed by atoms with van der Waals surface area (Å²) in [4.78, 5) is 0. The standard InChI is InChI=1S/C26H22O5P/c27-32(30-25-15-11-23(12-16-25)28-19-21-7-3-1-4-8-21)31-26-17-13-24(14-18-26)29-20-22-9-5-2-6-10-22/h1-18H,19-20H2/q+1. The Labute approximate surface area is 188 Å². The highest BCUT2D eigenvalue weighted by molar-refractivity contribution is 7.34. The maximum absolute atomic E-state index is 12.2. The number of ether oxygens (including phenoxy) is 2. The summed E-state index contributed by atoms with van der Waals surface area (Å²) >= 11 is 0. The van der Waals surface area contributed by atoms with Crippen molar-refractivity contribution in [2.24, 2.45) is 0 Å². The molecule has 160 valence electrons. The van der Waals surface area contributed by atoms with Crippen LogP contribution in [0.15, 0.2) is 109 Å². The van der Waals surface area contributed by atoms with Crippen LogP contribution in [0.1, 0.15) is 11.1 Å². The molecule has 0 N–H and O–H groups in total. The Hall–Kier alpha value is -3.82. The van der Waals surface area contributed by atoms with Crippen molar-refractivity contribution in [2.75, 3.05) is 0 Å². The van der Waals surface area contributed by atoms with E-state index in [-0.39, 0.29) is 0 Å². The molecule has 0 unspecified atom stereocenters. The van der Waals surface area contributed by atoms with Crippen molar-refractivity contribution in [3.8, 4) is 23.0 Å². The summed E-state index contributed by atoms with van der Waals surface area (Å²) in [6, 6.07) is 33.6. The molecule has 0 aliphatic carbocycles. The maximum Gasteiger partial charge on any atom is 0.805 e. The summed E-state index contributed by atoms with van der Waals surface area (Å²) in [7, 11) is -2.37. The Morgan fingerprint density at radius 1 is 0.469 bits per heavy atom. The predicted molar refractivity (Wildman–Crippen MR) is 123 cm³/mol. The van der Waals surface area contributed by atoms with E-state index in [1.54, 1.807) is 48.5 Å². The molecule has 0 saturated carbocycles. The van der Waals surface area contributed by atoms with Crippen molar-refractivity contribution in [2.45, 2.75) is 13.2 Å². The molecule has 32 heavy (non-hydrogen) atoms. The number of rotatable bonds is 10. The van der Waals surface area contributed by atoms with Gasteiger partial charge in [0.1, 0.15) is 24.7 Å². The van der Waals surface area contributed by atoms with Crippen LogP contribution in [-0.4, -0.2) is 0 Å². The van der Waals surface area contributed by atoms with Crippen LogP contribution in [0.5, 0.6) is 23.0 Å². The van der Waals surface area contributed by atoms with Crippen LogP contribution in [0.4, 0.5) is 0 Å². The molecule has 4 rings (SSSR count). The summed E-state index contributed by atoms with van der Waals surface area (Å²) in [5.41, 5.74) is 2.17. The largest absolute Gasteiger partial charge is 0.805 e. The first-order valence-corrected chi connectivity index (χ1v) is 11.2. The van der Waals surface area contributed by atoms with Gasteiger partial charge in [0.05, 0.1) is 0 Å². The van der Waals surface area contributed by atoms with Crippen LogP contribution in [0.3, 0.4) is 0 Å². The van der Waals surface area contributed by atoms with Crippen LogP contribution in [0.2, 0.25) is 0 Å². The zero-order chi connectivity index (χ0) is 22.0. The van der Waals surface area contributed by atoms with Gasteiger partial charge >= 0.3 is 8.25 Å². The van der Waals surface area contributed by atoms with E-state index >= 15 is 0 Å². The van der Waals surface area contributed by atoms with Crippen molar-refractivity contribution in [1.82, 2.24) is 0 Å². The molecule has 4 aromatic carbocycles.